The van der Waals surface area contributed by atoms with E-state index in [0.29, 0.717) is 16.8 Å². The normalized spacial score (nSPS) is 19.2. The summed E-state index contributed by atoms with van der Waals surface area (Å²) in [5, 5.41) is 15.4. The Hall–Kier alpha value is -3.45. The van der Waals surface area contributed by atoms with Crippen molar-refractivity contribution in [2.75, 3.05) is 17.3 Å². The molecule has 5 nitrogen and oxygen atoms in total. The monoisotopic (exact) mass is 448 g/mol. The zero-order chi connectivity index (χ0) is 23.5. The average Bonchev–Trinajstić information content (AvgIpc) is 3.17. The zero-order valence-corrected chi connectivity index (χ0v) is 18.9. The number of benzene rings is 2. The van der Waals surface area contributed by atoms with Crippen molar-refractivity contribution in [1.82, 2.24) is 9.97 Å². The van der Waals surface area contributed by atoms with E-state index in [1.807, 2.05) is 37.9 Å². The SMILES string of the molecule is Cc1c[nH]c2c(-c3c(F)cc4c(c3F)[C@H](N(C)c3ccncc3)[C@@H](O)C(C)(C)N4)cccc12. The highest BCUT2D eigenvalue weighted by molar-refractivity contribution is 5.96. The number of aliphatic hydroxyl groups excluding tert-OH is 1. The van der Waals surface area contributed by atoms with Gasteiger partial charge in [0.2, 0.25) is 0 Å². The molecule has 0 fully saturated rings. The molecule has 2 aromatic heterocycles. The summed E-state index contributed by atoms with van der Waals surface area (Å²) < 4.78 is 31.8. The third-order valence-electron chi connectivity index (χ3n) is 6.73. The first-order valence-corrected chi connectivity index (χ1v) is 10.9. The minimum atomic E-state index is -0.973. The first kappa shape index (κ1) is 21.4. The van der Waals surface area contributed by atoms with Gasteiger partial charge in [-0.25, -0.2) is 8.78 Å². The quantitative estimate of drug-likeness (QED) is 0.384. The van der Waals surface area contributed by atoms with E-state index in [9.17, 15) is 5.11 Å². The number of para-hydroxylation sites is 1. The van der Waals surface area contributed by atoms with Crippen LogP contribution in [-0.4, -0.2) is 33.8 Å². The third-order valence-corrected chi connectivity index (χ3v) is 6.73. The number of halogens is 2. The number of aromatic nitrogens is 2. The maximum Gasteiger partial charge on any atom is 0.141 e. The molecule has 2 atom stereocenters. The van der Waals surface area contributed by atoms with E-state index >= 15 is 8.78 Å². The van der Waals surface area contributed by atoms with Gasteiger partial charge in [0.15, 0.2) is 0 Å². The van der Waals surface area contributed by atoms with E-state index in [0.717, 1.165) is 16.6 Å². The van der Waals surface area contributed by atoms with E-state index in [2.05, 4.69) is 15.3 Å². The summed E-state index contributed by atoms with van der Waals surface area (Å²) in [4.78, 5) is 9.02. The maximum atomic E-state index is 16.3. The van der Waals surface area contributed by atoms with Crippen molar-refractivity contribution in [1.29, 1.82) is 0 Å². The van der Waals surface area contributed by atoms with Crippen molar-refractivity contribution < 1.29 is 13.9 Å². The molecular weight excluding hydrogens is 422 g/mol. The number of likely N-dealkylation sites (N-methyl/N-ethyl adjacent to an activating group) is 1. The van der Waals surface area contributed by atoms with Gasteiger partial charge in [0.25, 0.3) is 0 Å². The van der Waals surface area contributed by atoms with Crippen LogP contribution in [0, 0.1) is 18.6 Å². The number of pyridine rings is 1. The molecular formula is C26H26F2N4O. The molecule has 7 heteroatoms. The molecule has 3 heterocycles. The van der Waals surface area contributed by atoms with Gasteiger partial charge in [-0.1, -0.05) is 18.2 Å². The van der Waals surface area contributed by atoms with E-state index in [4.69, 9.17) is 0 Å². The van der Waals surface area contributed by atoms with Gasteiger partial charge in [0.1, 0.15) is 17.7 Å². The summed E-state index contributed by atoms with van der Waals surface area (Å²) in [5.41, 5.74) is 2.55. The number of hydrogen-bond donors (Lipinski definition) is 3. The van der Waals surface area contributed by atoms with Crippen LogP contribution in [0.25, 0.3) is 22.0 Å². The van der Waals surface area contributed by atoms with E-state index in [-0.39, 0.29) is 11.1 Å². The fourth-order valence-electron chi connectivity index (χ4n) is 4.90. The molecule has 5 rings (SSSR count). The van der Waals surface area contributed by atoms with Crippen molar-refractivity contribution in [3.63, 3.8) is 0 Å². The molecule has 0 bridgehead atoms. The van der Waals surface area contributed by atoms with Crippen LogP contribution in [0.15, 0.2) is 55.0 Å². The Labute approximate surface area is 191 Å². The highest BCUT2D eigenvalue weighted by Gasteiger charge is 2.45. The number of fused-ring (bicyclic) bond motifs is 2. The number of H-pyrrole nitrogens is 1. The van der Waals surface area contributed by atoms with E-state index in [1.54, 1.807) is 43.7 Å². The molecule has 0 unspecified atom stereocenters. The molecule has 0 spiro atoms. The second-order valence-corrected chi connectivity index (χ2v) is 9.26. The number of nitrogens with zero attached hydrogens (tertiary/aromatic N) is 2. The smallest absolute Gasteiger partial charge is 0.141 e. The number of aryl methyl sites for hydroxylation is 1. The van der Waals surface area contributed by atoms with Crippen LogP contribution in [0.5, 0.6) is 0 Å². The minimum Gasteiger partial charge on any atom is -0.388 e. The number of aliphatic hydroxyl groups is 1. The molecule has 2 aromatic carbocycles. The lowest BCUT2D eigenvalue weighted by molar-refractivity contribution is 0.0796. The molecule has 0 saturated heterocycles. The topological polar surface area (TPSA) is 64.2 Å². The standard InChI is InChI=1S/C26H26F2N4O/c1-14-13-30-23-16(14)6-5-7-17(23)20-18(27)12-19-21(22(20)28)24(25(33)26(2,3)31-19)32(4)15-8-10-29-11-9-15/h5-13,24-25,30-31,33H,1-4H3/t24-,25+/m0/s1. The van der Waals surface area contributed by atoms with Gasteiger partial charge in [-0.3, -0.25) is 4.98 Å². The van der Waals surface area contributed by atoms with Crippen molar-refractivity contribution in [2.24, 2.45) is 0 Å². The first-order valence-electron chi connectivity index (χ1n) is 10.9. The summed E-state index contributed by atoms with van der Waals surface area (Å²) in [7, 11) is 1.80. The van der Waals surface area contributed by atoms with Crippen molar-refractivity contribution in [2.45, 2.75) is 38.5 Å². The fourth-order valence-corrected chi connectivity index (χ4v) is 4.90. The van der Waals surface area contributed by atoms with Crippen LogP contribution < -0.4 is 10.2 Å². The van der Waals surface area contributed by atoms with Crippen LogP contribution in [0.1, 0.15) is 31.0 Å². The van der Waals surface area contributed by atoms with E-state index in [1.165, 1.54) is 6.07 Å². The van der Waals surface area contributed by atoms with Crippen molar-refractivity contribution in [3.05, 3.63) is 77.8 Å². The average molecular weight is 449 g/mol. The van der Waals surface area contributed by atoms with Crippen LogP contribution in [0.4, 0.5) is 20.2 Å². The number of aromatic amines is 1. The number of nitrogens with one attached hydrogen (secondary N) is 2. The maximum absolute atomic E-state index is 16.3. The molecule has 0 radical (unpaired) electrons. The predicted molar refractivity (Wildman–Crippen MR) is 127 cm³/mol. The Morgan fingerprint density at radius 2 is 1.85 bits per heavy atom. The number of anilines is 2. The third kappa shape index (κ3) is 3.26. The Morgan fingerprint density at radius 3 is 2.58 bits per heavy atom. The fraction of sp³-hybridized carbons (Fsp3) is 0.269. The highest BCUT2D eigenvalue weighted by atomic mass is 19.1. The molecule has 0 aliphatic carbocycles. The lowest BCUT2D eigenvalue weighted by Crippen LogP contribution is -2.54. The Kier molecular flexibility index (Phi) is 4.90. The summed E-state index contributed by atoms with van der Waals surface area (Å²) in [6.07, 6.45) is 4.15. The highest BCUT2D eigenvalue weighted by Crippen LogP contribution is 2.47. The summed E-state index contributed by atoms with van der Waals surface area (Å²) in [6, 6.07) is 9.62. The zero-order valence-electron chi connectivity index (χ0n) is 18.9. The minimum absolute atomic E-state index is 0.108. The summed E-state index contributed by atoms with van der Waals surface area (Å²) in [6.45, 7) is 5.59. The van der Waals surface area contributed by atoms with Gasteiger partial charge >= 0.3 is 0 Å². The molecule has 3 N–H and O–H groups in total. The van der Waals surface area contributed by atoms with Gasteiger partial charge in [-0.15, -0.1) is 0 Å². The van der Waals surface area contributed by atoms with E-state index < -0.39 is 29.3 Å². The molecule has 0 amide bonds. The Bertz CT molecular complexity index is 1350. The van der Waals surface area contributed by atoms with Gasteiger partial charge in [-0.2, -0.15) is 0 Å². The lowest BCUT2D eigenvalue weighted by atomic mass is 9.80. The molecule has 0 saturated carbocycles. The largest absolute Gasteiger partial charge is 0.388 e. The van der Waals surface area contributed by atoms with Crippen LogP contribution in [-0.2, 0) is 0 Å². The predicted octanol–water partition coefficient (Wildman–Crippen LogP) is 5.56. The second-order valence-electron chi connectivity index (χ2n) is 9.26. The molecule has 1 aliphatic rings. The van der Waals surface area contributed by atoms with Crippen molar-refractivity contribution >= 4 is 22.3 Å². The van der Waals surface area contributed by atoms with Crippen molar-refractivity contribution in [3.8, 4) is 11.1 Å². The molecule has 1 aliphatic heterocycles. The summed E-state index contributed by atoms with van der Waals surface area (Å²) in [5.74, 6) is -1.34. The van der Waals surface area contributed by atoms with Gasteiger partial charge in [-0.05, 0) is 44.5 Å². The molecule has 33 heavy (non-hydrogen) atoms. The lowest BCUT2D eigenvalue weighted by Gasteiger charge is -2.47. The number of rotatable bonds is 3. The number of hydrogen-bond acceptors (Lipinski definition) is 4. The van der Waals surface area contributed by atoms with Crippen LogP contribution in [0.2, 0.25) is 0 Å². The molecule has 170 valence electrons. The Morgan fingerprint density at radius 1 is 1.12 bits per heavy atom. The van der Waals surface area contributed by atoms with Gasteiger partial charge < -0.3 is 20.3 Å². The summed E-state index contributed by atoms with van der Waals surface area (Å²) >= 11 is 0. The van der Waals surface area contributed by atoms with Gasteiger partial charge in [0, 0.05) is 53.5 Å². The second kappa shape index (κ2) is 7.56. The van der Waals surface area contributed by atoms with Crippen LogP contribution in [0.3, 0.4) is 0 Å². The Balaban J connectivity index is 1.77. The molecule has 4 aromatic rings. The van der Waals surface area contributed by atoms with Gasteiger partial charge in [0.05, 0.1) is 22.7 Å². The van der Waals surface area contributed by atoms with Crippen LogP contribution >= 0.6 is 0 Å². The first-order chi connectivity index (χ1) is 15.7.